The molecule has 0 aliphatic rings. The summed E-state index contributed by atoms with van der Waals surface area (Å²) >= 11 is 11.1. The fourth-order valence-electron chi connectivity index (χ4n) is 2.64. The van der Waals surface area contributed by atoms with Crippen LogP contribution >= 0.6 is 23.8 Å². The van der Waals surface area contributed by atoms with Crippen LogP contribution in [0.15, 0.2) is 33.9 Å². The van der Waals surface area contributed by atoms with Gasteiger partial charge in [0.05, 0.1) is 6.54 Å². The first-order chi connectivity index (χ1) is 12.3. The van der Waals surface area contributed by atoms with Crippen molar-refractivity contribution < 1.29 is 9.84 Å². The lowest BCUT2D eigenvalue weighted by atomic mass is 10.3. The molecule has 1 atom stereocenters. The van der Waals surface area contributed by atoms with Crippen molar-refractivity contribution in [1.29, 1.82) is 0 Å². The van der Waals surface area contributed by atoms with Gasteiger partial charge in [-0.25, -0.2) is 4.79 Å². The van der Waals surface area contributed by atoms with E-state index >= 15 is 0 Å². The summed E-state index contributed by atoms with van der Waals surface area (Å²) in [4.78, 5) is 27.3. The van der Waals surface area contributed by atoms with Crippen LogP contribution in [0.2, 0.25) is 5.02 Å². The van der Waals surface area contributed by atoms with Crippen LogP contribution < -0.4 is 16.0 Å². The van der Waals surface area contributed by atoms with Gasteiger partial charge in [-0.2, -0.15) is 0 Å². The molecule has 2 heterocycles. The summed E-state index contributed by atoms with van der Waals surface area (Å²) < 4.78 is 9.53. The SMILES string of the molecule is Cn1c(=O)c2c([nH]c(=S)n2CC(O)COc2ccc(Cl)cc2)n(C)c1=O. The highest BCUT2D eigenvalue weighted by molar-refractivity contribution is 7.71. The van der Waals surface area contributed by atoms with Crippen LogP contribution in [0.25, 0.3) is 11.2 Å². The zero-order valence-electron chi connectivity index (χ0n) is 14.1. The number of H-pyrrole nitrogens is 1. The van der Waals surface area contributed by atoms with Crippen LogP contribution in [0.4, 0.5) is 0 Å². The van der Waals surface area contributed by atoms with Crippen molar-refractivity contribution in [1.82, 2.24) is 18.7 Å². The first-order valence-electron chi connectivity index (χ1n) is 7.74. The first-order valence-corrected chi connectivity index (χ1v) is 8.53. The third-order valence-electron chi connectivity index (χ3n) is 4.03. The van der Waals surface area contributed by atoms with Gasteiger partial charge in [0.15, 0.2) is 10.3 Å². The van der Waals surface area contributed by atoms with Crippen molar-refractivity contribution in [2.45, 2.75) is 12.6 Å². The third-order valence-corrected chi connectivity index (χ3v) is 4.60. The number of halogens is 1. The molecule has 0 fully saturated rings. The van der Waals surface area contributed by atoms with Crippen molar-refractivity contribution in [2.75, 3.05) is 6.61 Å². The van der Waals surface area contributed by atoms with E-state index in [2.05, 4.69) is 4.98 Å². The lowest BCUT2D eigenvalue weighted by Gasteiger charge is -2.14. The molecule has 8 nitrogen and oxygen atoms in total. The maximum absolute atomic E-state index is 12.5. The van der Waals surface area contributed by atoms with Gasteiger partial charge in [-0.05, 0) is 36.5 Å². The zero-order chi connectivity index (χ0) is 19.0. The number of aliphatic hydroxyl groups excluding tert-OH is 1. The second-order valence-corrected chi connectivity index (χ2v) is 6.69. The standard InChI is InChI=1S/C16H17ClN4O4S/c1-19-13-12(14(23)20(2)16(19)24)21(15(26)18-13)7-10(22)8-25-11-5-3-9(17)4-6-11/h3-6,10,22H,7-8H2,1-2H3,(H,18,26). The third kappa shape index (κ3) is 3.33. The number of nitrogens with zero attached hydrogens (tertiary/aromatic N) is 3. The second-order valence-electron chi connectivity index (χ2n) is 5.86. The molecule has 138 valence electrons. The number of fused-ring (bicyclic) bond motifs is 1. The molecule has 3 rings (SSSR count). The maximum atomic E-state index is 12.5. The highest BCUT2D eigenvalue weighted by Crippen LogP contribution is 2.16. The van der Waals surface area contributed by atoms with Crippen molar-refractivity contribution in [2.24, 2.45) is 14.1 Å². The fraction of sp³-hybridized carbons (Fsp3) is 0.312. The van der Waals surface area contributed by atoms with Gasteiger partial charge in [0, 0.05) is 19.1 Å². The molecule has 0 radical (unpaired) electrons. The summed E-state index contributed by atoms with van der Waals surface area (Å²) in [7, 11) is 2.93. The molecule has 3 aromatic rings. The quantitative estimate of drug-likeness (QED) is 0.632. The largest absolute Gasteiger partial charge is 0.491 e. The number of rotatable bonds is 5. The number of aryl methyl sites for hydroxylation is 1. The Morgan fingerprint density at radius 3 is 2.54 bits per heavy atom. The lowest BCUT2D eigenvalue weighted by Crippen LogP contribution is -2.38. The van der Waals surface area contributed by atoms with Crippen LogP contribution in [-0.2, 0) is 20.6 Å². The molecular formula is C16H17ClN4O4S. The van der Waals surface area contributed by atoms with Crippen molar-refractivity contribution >= 4 is 35.0 Å². The van der Waals surface area contributed by atoms with E-state index in [1.54, 1.807) is 31.3 Å². The Bertz CT molecular complexity index is 1130. The monoisotopic (exact) mass is 396 g/mol. The molecule has 1 unspecified atom stereocenters. The molecule has 0 aliphatic carbocycles. The summed E-state index contributed by atoms with van der Waals surface area (Å²) in [5.74, 6) is 0.564. The molecule has 1 aromatic carbocycles. The molecule has 10 heteroatoms. The average Bonchev–Trinajstić information content (AvgIpc) is 2.94. The number of nitrogens with one attached hydrogen (secondary N) is 1. The molecule has 2 aromatic heterocycles. The van der Waals surface area contributed by atoms with Crippen LogP contribution in [-0.4, -0.2) is 36.5 Å². The van der Waals surface area contributed by atoms with Crippen molar-refractivity contribution in [3.05, 3.63) is 54.9 Å². The van der Waals surface area contributed by atoms with Gasteiger partial charge < -0.3 is 19.4 Å². The Kier molecular flexibility index (Phi) is 5.03. The van der Waals surface area contributed by atoms with Crippen LogP contribution in [0.3, 0.4) is 0 Å². The van der Waals surface area contributed by atoms with E-state index in [-0.39, 0.29) is 23.4 Å². The van der Waals surface area contributed by atoms with E-state index in [4.69, 9.17) is 28.6 Å². The number of hydrogen-bond donors (Lipinski definition) is 2. The Balaban J connectivity index is 1.88. The smallest absolute Gasteiger partial charge is 0.332 e. The van der Waals surface area contributed by atoms with E-state index in [1.165, 1.54) is 16.2 Å². The van der Waals surface area contributed by atoms with E-state index < -0.39 is 17.4 Å². The highest BCUT2D eigenvalue weighted by atomic mass is 35.5. The number of aromatic amines is 1. The van der Waals surface area contributed by atoms with Crippen molar-refractivity contribution in [3.8, 4) is 5.75 Å². The number of imidazole rings is 1. The van der Waals surface area contributed by atoms with E-state index in [0.29, 0.717) is 16.4 Å². The number of benzene rings is 1. The molecule has 0 spiro atoms. The second kappa shape index (κ2) is 7.10. The van der Waals surface area contributed by atoms with Crippen LogP contribution in [0.1, 0.15) is 0 Å². The minimum Gasteiger partial charge on any atom is -0.491 e. The van der Waals surface area contributed by atoms with E-state index in [0.717, 1.165) is 4.57 Å². The van der Waals surface area contributed by atoms with Gasteiger partial charge in [0.1, 0.15) is 24.1 Å². The Labute approximate surface area is 157 Å². The summed E-state index contributed by atoms with van der Waals surface area (Å²) in [5, 5.41) is 10.9. The summed E-state index contributed by atoms with van der Waals surface area (Å²) in [6, 6.07) is 6.75. The normalized spacial score (nSPS) is 12.5. The van der Waals surface area contributed by atoms with Gasteiger partial charge in [-0.3, -0.25) is 13.9 Å². The number of aromatic nitrogens is 4. The number of aliphatic hydroxyl groups is 1. The predicted octanol–water partition coefficient (Wildman–Crippen LogP) is 1.19. The summed E-state index contributed by atoms with van der Waals surface area (Å²) in [6.07, 6.45) is -0.918. The molecule has 0 aliphatic heterocycles. The Morgan fingerprint density at radius 2 is 1.88 bits per heavy atom. The molecule has 0 bridgehead atoms. The van der Waals surface area contributed by atoms with Crippen LogP contribution in [0.5, 0.6) is 5.75 Å². The predicted molar refractivity (Wildman–Crippen MR) is 101 cm³/mol. The first kappa shape index (κ1) is 18.4. The summed E-state index contributed by atoms with van der Waals surface area (Å²) in [5.41, 5.74) is -0.405. The zero-order valence-corrected chi connectivity index (χ0v) is 15.7. The van der Waals surface area contributed by atoms with Gasteiger partial charge in [-0.15, -0.1) is 0 Å². The van der Waals surface area contributed by atoms with Gasteiger partial charge >= 0.3 is 5.69 Å². The molecule has 0 amide bonds. The van der Waals surface area contributed by atoms with Gasteiger partial charge in [0.2, 0.25) is 0 Å². The fourth-order valence-corrected chi connectivity index (χ4v) is 3.03. The average molecular weight is 397 g/mol. The van der Waals surface area contributed by atoms with E-state index in [9.17, 15) is 14.7 Å². The van der Waals surface area contributed by atoms with Gasteiger partial charge in [0.25, 0.3) is 5.56 Å². The molecule has 2 N–H and O–H groups in total. The Hall–Kier alpha value is -2.36. The maximum Gasteiger partial charge on any atom is 0.332 e. The van der Waals surface area contributed by atoms with Gasteiger partial charge in [-0.1, -0.05) is 11.6 Å². The minimum atomic E-state index is -0.918. The number of hydrogen-bond acceptors (Lipinski definition) is 5. The molecule has 0 saturated carbocycles. The highest BCUT2D eigenvalue weighted by Gasteiger charge is 2.17. The molecular weight excluding hydrogens is 380 g/mol. The molecule has 0 saturated heterocycles. The number of ether oxygens (including phenoxy) is 1. The topological polar surface area (TPSA) is 94.2 Å². The molecule has 26 heavy (non-hydrogen) atoms. The van der Waals surface area contributed by atoms with Crippen molar-refractivity contribution in [3.63, 3.8) is 0 Å². The van der Waals surface area contributed by atoms with E-state index in [1.807, 2.05) is 0 Å². The Morgan fingerprint density at radius 1 is 1.23 bits per heavy atom. The summed E-state index contributed by atoms with van der Waals surface area (Å²) in [6.45, 7) is 0.0437. The van der Waals surface area contributed by atoms with Crippen LogP contribution in [0, 0.1) is 4.77 Å². The minimum absolute atomic E-state index is 0.00214. The lowest BCUT2D eigenvalue weighted by molar-refractivity contribution is 0.0930.